The first-order chi connectivity index (χ1) is 17.5. The first-order valence-corrected chi connectivity index (χ1v) is 13.9. The molecule has 0 aliphatic rings. The molecule has 0 fully saturated rings. The monoisotopic (exact) mass is 491 g/mol. The van der Waals surface area contributed by atoms with Crippen LogP contribution in [-0.2, 0) is 12.8 Å². The van der Waals surface area contributed by atoms with E-state index in [0.717, 1.165) is 98.3 Å². The molecule has 3 aromatic rings. The fraction of sp³-hybridized carbons (Fsp3) is 0.533. The van der Waals surface area contributed by atoms with Crippen LogP contribution in [0.4, 0.5) is 17.1 Å². The van der Waals surface area contributed by atoms with Gasteiger partial charge in [-0.2, -0.15) is 4.52 Å². The zero-order valence-corrected chi connectivity index (χ0v) is 23.2. The number of hydrogen-bond donors (Lipinski definition) is 2. The van der Waals surface area contributed by atoms with E-state index in [-0.39, 0.29) is 5.56 Å². The van der Waals surface area contributed by atoms with Crippen LogP contribution < -0.4 is 15.8 Å². The first-order valence-electron chi connectivity index (χ1n) is 13.9. The summed E-state index contributed by atoms with van der Waals surface area (Å²) in [5.41, 5.74) is 7.68. The number of nitrogens with zero attached hydrogens (tertiary/aromatic N) is 3. The summed E-state index contributed by atoms with van der Waals surface area (Å²) in [6.45, 7) is 15.0. The van der Waals surface area contributed by atoms with Gasteiger partial charge >= 0.3 is 0 Å². The van der Waals surface area contributed by atoms with Crippen molar-refractivity contribution in [2.24, 2.45) is 0 Å². The van der Waals surface area contributed by atoms with E-state index in [4.69, 9.17) is 4.98 Å². The number of aromatic amines is 1. The van der Waals surface area contributed by atoms with E-state index in [1.54, 1.807) is 4.52 Å². The maximum absolute atomic E-state index is 13.7. The Bertz CT molecular complexity index is 1220. The van der Waals surface area contributed by atoms with Crippen LogP contribution in [0.2, 0.25) is 0 Å². The molecule has 0 amide bonds. The summed E-state index contributed by atoms with van der Waals surface area (Å²) in [6, 6.07) is 6.53. The standard InChI is InChI=1S/C30H45N5O/c1-7-12-15-18-27-28(31-25-20-19-23(21-22(25)6)34(10-4)11-5)29-32-26(17-14-9-3)24(16-13-8-2)30(36)35(29)33-27/h15,18-21,31,33H,7-14,16-17H2,1-6H3/b18-15+. The van der Waals surface area contributed by atoms with Crippen LogP contribution in [0.15, 0.2) is 29.1 Å². The maximum Gasteiger partial charge on any atom is 0.276 e. The average molecular weight is 492 g/mol. The van der Waals surface area contributed by atoms with Gasteiger partial charge in [-0.15, -0.1) is 0 Å². The van der Waals surface area contributed by atoms with Gasteiger partial charge < -0.3 is 10.2 Å². The summed E-state index contributed by atoms with van der Waals surface area (Å²) in [4.78, 5) is 21.1. The minimum atomic E-state index is 0.0337. The Kier molecular flexibility index (Phi) is 10.2. The first kappa shape index (κ1) is 27.6. The average Bonchev–Trinajstić information content (AvgIpc) is 3.22. The van der Waals surface area contributed by atoms with Gasteiger partial charge in [-0.05, 0) is 82.7 Å². The largest absolute Gasteiger partial charge is 0.372 e. The summed E-state index contributed by atoms with van der Waals surface area (Å²) >= 11 is 0. The number of hydrogen-bond acceptors (Lipinski definition) is 4. The summed E-state index contributed by atoms with van der Waals surface area (Å²) in [5, 5.41) is 7.01. The second kappa shape index (κ2) is 13.3. The third-order valence-electron chi connectivity index (χ3n) is 6.87. The van der Waals surface area contributed by atoms with Gasteiger partial charge in [-0.3, -0.25) is 9.89 Å². The molecule has 3 rings (SSSR count). The summed E-state index contributed by atoms with van der Waals surface area (Å²) in [5.74, 6) is 0. The van der Waals surface area contributed by atoms with Crippen LogP contribution in [0.1, 0.15) is 95.7 Å². The quantitative estimate of drug-likeness (QED) is 0.246. The molecule has 1 aromatic carbocycles. The Labute approximate surface area is 216 Å². The normalized spacial score (nSPS) is 11.6. The Morgan fingerprint density at radius 2 is 1.75 bits per heavy atom. The minimum Gasteiger partial charge on any atom is -0.372 e. The lowest BCUT2D eigenvalue weighted by Gasteiger charge is -2.22. The maximum atomic E-state index is 13.7. The smallest absolute Gasteiger partial charge is 0.276 e. The Hall–Kier alpha value is -3.02. The van der Waals surface area contributed by atoms with Crippen molar-refractivity contribution < 1.29 is 0 Å². The molecule has 0 aliphatic carbocycles. The van der Waals surface area contributed by atoms with E-state index in [1.807, 2.05) is 0 Å². The fourth-order valence-corrected chi connectivity index (χ4v) is 4.64. The van der Waals surface area contributed by atoms with Gasteiger partial charge in [0.05, 0.1) is 11.4 Å². The Morgan fingerprint density at radius 3 is 2.39 bits per heavy atom. The van der Waals surface area contributed by atoms with Crippen molar-refractivity contribution in [2.45, 2.75) is 92.9 Å². The summed E-state index contributed by atoms with van der Waals surface area (Å²) < 4.78 is 1.65. The lowest BCUT2D eigenvalue weighted by molar-refractivity contribution is 0.719. The number of H-pyrrole nitrogens is 1. The van der Waals surface area contributed by atoms with E-state index in [0.29, 0.717) is 5.65 Å². The molecule has 36 heavy (non-hydrogen) atoms. The second-order valence-corrected chi connectivity index (χ2v) is 9.60. The fourth-order valence-electron chi connectivity index (χ4n) is 4.64. The lowest BCUT2D eigenvalue weighted by atomic mass is 10.0. The van der Waals surface area contributed by atoms with E-state index in [2.05, 4.69) is 87.2 Å². The Balaban J connectivity index is 2.15. The van der Waals surface area contributed by atoms with Crippen molar-refractivity contribution in [2.75, 3.05) is 23.3 Å². The number of benzene rings is 1. The SMILES string of the molecule is CCC/C=C/c1[nH]n2c(=O)c(CCCC)c(CCCC)nc2c1Nc1ccc(N(CC)CC)cc1C. The third kappa shape index (κ3) is 6.21. The van der Waals surface area contributed by atoms with Crippen LogP contribution in [-0.4, -0.2) is 27.7 Å². The number of allylic oxidation sites excluding steroid dienone is 1. The highest BCUT2D eigenvalue weighted by Gasteiger charge is 2.19. The summed E-state index contributed by atoms with van der Waals surface area (Å²) in [7, 11) is 0. The van der Waals surface area contributed by atoms with Gasteiger partial charge in [0, 0.05) is 30.0 Å². The van der Waals surface area contributed by atoms with Crippen molar-refractivity contribution in [3.05, 3.63) is 57.1 Å². The molecule has 0 unspecified atom stereocenters. The van der Waals surface area contributed by atoms with Gasteiger partial charge in [0.1, 0.15) is 5.69 Å². The molecule has 0 saturated carbocycles. The van der Waals surface area contributed by atoms with E-state index in [9.17, 15) is 4.79 Å². The molecule has 0 aliphatic heterocycles. The number of unbranched alkanes of at least 4 members (excludes halogenated alkanes) is 3. The molecule has 0 atom stereocenters. The van der Waals surface area contributed by atoms with E-state index in [1.165, 1.54) is 5.69 Å². The predicted molar refractivity (Wildman–Crippen MR) is 155 cm³/mol. The van der Waals surface area contributed by atoms with Crippen molar-refractivity contribution in [1.29, 1.82) is 0 Å². The highest BCUT2D eigenvalue weighted by atomic mass is 16.1. The highest BCUT2D eigenvalue weighted by molar-refractivity contribution is 5.83. The van der Waals surface area contributed by atoms with Gasteiger partial charge in [-0.25, -0.2) is 4.98 Å². The molecule has 2 N–H and O–H groups in total. The molecule has 6 heteroatoms. The molecular weight excluding hydrogens is 446 g/mol. The van der Waals surface area contributed by atoms with Gasteiger partial charge in [0.2, 0.25) is 0 Å². The molecule has 196 valence electrons. The number of anilines is 3. The Morgan fingerprint density at radius 1 is 1.03 bits per heavy atom. The molecule has 2 heterocycles. The van der Waals surface area contributed by atoms with Crippen molar-refractivity contribution >= 4 is 28.8 Å². The van der Waals surface area contributed by atoms with Crippen LogP contribution in [0.25, 0.3) is 11.7 Å². The van der Waals surface area contributed by atoms with Crippen LogP contribution in [0, 0.1) is 6.92 Å². The van der Waals surface area contributed by atoms with Crippen LogP contribution >= 0.6 is 0 Å². The molecule has 6 nitrogen and oxygen atoms in total. The van der Waals surface area contributed by atoms with Crippen LogP contribution in [0.5, 0.6) is 0 Å². The zero-order valence-electron chi connectivity index (χ0n) is 23.2. The molecule has 0 radical (unpaired) electrons. The second-order valence-electron chi connectivity index (χ2n) is 9.60. The third-order valence-corrected chi connectivity index (χ3v) is 6.87. The van der Waals surface area contributed by atoms with Crippen LogP contribution in [0.3, 0.4) is 0 Å². The van der Waals surface area contributed by atoms with Crippen molar-refractivity contribution in [3.8, 4) is 0 Å². The minimum absolute atomic E-state index is 0.0337. The number of aromatic nitrogens is 3. The predicted octanol–water partition coefficient (Wildman–Crippen LogP) is 7.42. The molecule has 0 saturated heterocycles. The number of nitrogens with one attached hydrogen (secondary N) is 2. The van der Waals surface area contributed by atoms with Crippen molar-refractivity contribution in [1.82, 2.24) is 14.6 Å². The van der Waals surface area contributed by atoms with Gasteiger partial charge in [-0.1, -0.05) is 46.1 Å². The summed E-state index contributed by atoms with van der Waals surface area (Å²) in [6.07, 6.45) is 12.1. The molecule has 0 bridgehead atoms. The van der Waals surface area contributed by atoms with E-state index >= 15 is 0 Å². The molecule has 0 spiro atoms. The van der Waals surface area contributed by atoms with Gasteiger partial charge in [0.25, 0.3) is 5.56 Å². The molecule has 2 aromatic heterocycles. The lowest BCUT2D eigenvalue weighted by Crippen LogP contribution is -2.23. The molecular formula is C30H45N5O. The topological polar surface area (TPSA) is 65.4 Å². The van der Waals surface area contributed by atoms with E-state index < -0.39 is 0 Å². The van der Waals surface area contributed by atoms with Gasteiger partial charge in [0.15, 0.2) is 5.65 Å². The number of aryl methyl sites for hydroxylation is 2. The number of rotatable bonds is 14. The number of fused-ring (bicyclic) bond motifs is 1. The highest BCUT2D eigenvalue weighted by Crippen LogP contribution is 2.30. The van der Waals surface area contributed by atoms with Crippen molar-refractivity contribution in [3.63, 3.8) is 0 Å². The zero-order chi connectivity index (χ0) is 26.1.